The van der Waals surface area contributed by atoms with Crippen LogP contribution in [0.15, 0.2) is 12.1 Å². The third-order valence-electron chi connectivity index (χ3n) is 2.64. The Hall–Kier alpha value is -1.86. The van der Waals surface area contributed by atoms with Crippen molar-refractivity contribution in [1.29, 1.82) is 0 Å². The molecule has 0 radical (unpaired) electrons. The van der Waals surface area contributed by atoms with Crippen LogP contribution in [0.2, 0.25) is 0 Å². The molecule has 8 heteroatoms. The molecule has 2 heterocycles. The predicted octanol–water partition coefficient (Wildman–Crippen LogP) is 2.48. The van der Waals surface area contributed by atoms with E-state index in [0.717, 1.165) is 0 Å². The Morgan fingerprint density at radius 2 is 2.00 bits per heavy atom. The molecule has 0 saturated heterocycles. The van der Waals surface area contributed by atoms with E-state index in [1.165, 1.54) is 16.8 Å². The van der Waals surface area contributed by atoms with Crippen molar-refractivity contribution < 1.29 is 17.6 Å². The molecular weight excluding hydrogens is 264 g/mol. The van der Waals surface area contributed by atoms with Crippen LogP contribution in [0.5, 0.6) is 0 Å². The largest absolute Gasteiger partial charge is 0.282 e. The summed E-state index contributed by atoms with van der Waals surface area (Å²) in [5.74, 6) is 0. The first-order chi connectivity index (χ1) is 8.95. The number of halogens is 4. The molecular formula is C11H12F4N4. The highest BCUT2D eigenvalue weighted by Gasteiger charge is 2.14. The van der Waals surface area contributed by atoms with Gasteiger partial charge in [0.05, 0.1) is 12.1 Å². The Balaban J connectivity index is 2.11. The van der Waals surface area contributed by atoms with Gasteiger partial charge in [0.2, 0.25) is 6.43 Å². The van der Waals surface area contributed by atoms with Gasteiger partial charge >= 0.3 is 0 Å². The second-order valence-corrected chi connectivity index (χ2v) is 4.14. The van der Waals surface area contributed by atoms with Gasteiger partial charge in [-0.15, -0.1) is 0 Å². The highest BCUT2D eigenvalue weighted by molar-refractivity contribution is 5.19. The molecule has 1 N–H and O–H groups in total. The number of aromatic nitrogens is 4. The number of hydrogen-bond donors (Lipinski definition) is 1. The van der Waals surface area contributed by atoms with Gasteiger partial charge in [-0.3, -0.25) is 9.78 Å². The second-order valence-electron chi connectivity index (χ2n) is 4.14. The van der Waals surface area contributed by atoms with Crippen LogP contribution in [-0.2, 0) is 19.9 Å². The van der Waals surface area contributed by atoms with Gasteiger partial charge in [-0.25, -0.2) is 17.6 Å². The van der Waals surface area contributed by atoms with E-state index in [9.17, 15) is 17.6 Å². The molecule has 0 aromatic carbocycles. The van der Waals surface area contributed by atoms with E-state index in [1.807, 2.05) is 0 Å². The topological polar surface area (TPSA) is 46.5 Å². The predicted molar refractivity (Wildman–Crippen MR) is 59.3 cm³/mol. The third-order valence-corrected chi connectivity index (χ3v) is 2.64. The highest BCUT2D eigenvalue weighted by Crippen LogP contribution is 2.18. The van der Waals surface area contributed by atoms with Crippen molar-refractivity contribution in [2.24, 2.45) is 7.05 Å². The van der Waals surface area contributed by atoms with Crippen LogP contribution in [0.25, 0.3) is 0 Å². The molecule has 0 spiro atoms. The first-order valence-corrected chi connectivity index (χ1v) is 5.58. The summed E-state index contributed by atoms with van der Waals surface area (Å²) in [7, 11) is 1.62. The Labute approximate surface area is 106 Å². The van der Waals surface area contributed by atoms with E-state index in [2.05, 4.69) is 15.3 Å². The molecule has 0 atom stereocenters. The van der Waals surface area contributed by atoms with Crippen LogP contribution in [0, 0.1) is 0 Å². The van der Waals surface area contributed by atoms with Gasteiger partial charge in [0, 0.05) is 24.9 Å². The molecule has 4 nitrogen and oxygen atoms in total. The van der Waals surface area contributed by atoms with Gasteiger partial charge in [0.15, 0.2) is 0 Å². The Kier molecular flexibility index (Phi) is 3.87. The maximum absolute atomic E-state index is 12.4. The van der Waals surface area contributed by atoms with Crippen molar-refractivity contribution in [2.45, 2.75) is 25.7 Å². The Morgan fingerprint density at radius 1 is 1.26 bits per heavy atom. The number of rotatable bonds is 5. The van der Waals surface area contributed by atoms with Crippen molar-refractivity contribution in [3.05, 3.63) is 34.9 Å². The molecule has 0 aliphatic rings. The number of nitrogens with one attached hydrogen (secondary N) is 1. The summed E-state index contributed by atoms with van der Waals surface area (Å²) in [6.07, 6.45) is -5.22. The van der Waals surface area contributed by atoms with Gasteiger partial charge in [0.25, 0.3) is 6.43 Å². The van der Waals surface area contributed by atoms with E-state index in [0.29, 0.717) is 11.4 Å². The monoisotopic (exact) mass is 276 g/mol. The highest BCUT2D eigenvalue weighted by atomic mass is 19.3. The van der Waals surface area contributed by atoms with E-state index in [-0.39, 0.29) is 17.8 Å². The van der Waals surface area contributed by atoms with Crippen molar-refractivity contribution in [3.63, 3.8) is 0 Å². The fraction of sp³-hybridized carbons (Fsp3) is 0.455. The summed E-state index contributed by atoms with van der Waals surface area (Å²) in [5, 5.41) is 9.91. The SMILES string of the molecule is Cn1nc(CC(F)F)cc1Cc1cc(C(F)F)n[nH]1. The maximum atomic E-state index is 12.4. The van der Waals surface area contributed by atoms with Gasteiger partial charge in [-0.2, -0.15) is 10.2 Å². The van der Waals surface area contributed by atoms with Crippen molar-refractivity contribution in [3.8, 4) is 0 Å². The Morgan fingerprint density at radius 3 is 2.58 bits per heavy atom. The lowest BCUT2D eigenvalue weighted by Crippen LogP contribution is -2.00. The average molecular weight is 276 g/mol. The fourth-order valence-electron chi connectivity index (χ4n) is 1.77. The zero-order valence-corrected chi connectivity index (χ0v) is 10.1. The summed E-state index contributed by atoms with van der Waals surface area (Å²) in [6, 6.07) is 2.79. The lowest BCUT2D eigenvalue weighted by Gasteiger charge is -1.98. The molecule has 104 valence electrons. The standard InChI is InChI=1S/C11H12F4N4/c1-19-8(3-7(18-19)5-10(12)13)2-6-4-9(11(14)15)17-16-6/h3-4,10-11H,2,5H2,1H3,(H,16,17). The van der Waals surface area contributed by atoms with Crippen LogP contribution in [0.3, 0.4) is 0 Å². The minimum Gasteiger partial charge on any atom is -0.282 e. The molecule has 2 rings (SSSR count). The van der Waals surface area contributed by atoms with Crippen LogP contribution >= 0.6 is 0 Å². The summed E-state index contributed by atoms with van der Waals surface area (Å²) >= 11 is 0. The average Bonchev–Trinajstić information content (AvgIpc) is 2.87. The molecule has 0 saturated carbocycles. The van der Waals surface area contributed by atoms with Crippen LogP contribution in [0.4, 0.5) is 17.6 Å². The van der Waals surface area contributed by atoms with Crippen LogP contribution < -0.4 is 0 Å². The molecule has 0 aliphatic heterocycles. The lowest BCUT2D eigenvalue weighted by atomic mass is 10.2. The number of alkyl halides is 4. The molecule has 0 amide bonds. The number of hydrogen-bond acceptors (Lipinski definition) is 2. The zero-order chi connectivity index (χ0) is 14.0. The third kappa shape index (κ3) is 3.33. The van der Waals surface area contributed by atoms with Crippen LogP contribution in [0.1, 0.15) is 29.2 Å². The minimum atomic E-state index is -2.63. The van der Waals surface area contributed by atoms with Crippen molar-refractivity contribution >= 4 is 0 Å². The Bertz CT molecular complexity index is 547. The molecule has 19 heavy (non-hydrogen) atoms. The van der Waals surface area contributed by atoms with Gasteiger partial charge in [0.1, 0.15) is 5.69 Å². The number of H-pyrrole nitrogens is 1. The summed E-state index contributed by atoms with van der Waals surface area (Å²) in [6.45, 7) is 0. The summed E-state index contributed by atoms with van der Waals surface area (Å²) in [5.41, 5.74) is 1.09. The lowest BCUT2D eigenvalue weighted by molar-refractivity contribution is 0.146. The van der Waals surface area contributed by atoms with Crippen LogP contribution in [-0.4, -0.2) is 26.4 Å². The van der Waals surface area contributed by atoms with Gasteiger partial charge in [-0.1, -0.05) is 0 Å². The van der Waals surface area contributed by atoms with E-state index >= 15 is 0 Å². The fourth-order valence-corrected chi connectivity index (χ4v) is 1.77. The maximum Gasteiger partial charge on any atom is 0.282 e. The smallest absolute Gasteiger partial charge is 0.282 e. The van der Waals surface area contributed by atoms with E-state index in [4.69, 9.17) is 0 Å². The van der Waals surface area contributed by atoms with E-state index in [1.54, 1.807) is 7.05 Å². The molecule has 2 aromatic rings. The molecule has 0 unspecified atom stereocenters. The summed E-state index contributed by atoms with van der Waals surface area (Å²) < 4.78 is 50.6. The molecule has 2 aromatic heterocycles. The second kappa shape index (κ2) is 5.41. The number of aryl methyl sites for hydroxylation is 1. The van der Waals surface area contributed by atoms with Gasteiger partial charge < -0.3 is 0 Å². The number of aromatic amines is 1. The normalized spacial score (nSPS) is 11.7. The van der Waals surface area contributed by atoms with Crippen molar-refractivity contribution in [1.82, 2.24) is 20.0 Å². The summed E-state index contributed by atoms with van der Waals surface area (Å²) in [4.78, 5) is 0. The minimum absolute atomic E-state index is 0.279. The molecule has 0 bridgehead atoms. The first-order valence-electron chi connectivity index (χ1n) is 5.58. The molecule has 0 aliphatic carbocycles. The quantitative estimate of drug-likeness (QED) is 0.853. The van der Waals surface area contributed by atoms with Crippen molar-refractivity contribution in [2.75, 3.05) is 0 Å². The van der Waals surface area contributed by atoms with E-state index < -0.39 is 19.3 Å². The molecule has 0 fully saturated rings. The zero-order valence-electron chi connectivity index (χ0n) is 10.1. The number of nitrogens with zero attached hydrogens (tertiary/aromatic N) is 3. The first kappa shape index (κ1) is 13.6. The van der Waals surface area contributed by atoms with Gasteiger partial charge in [-0.05, 0) is 12.1 Å².